The van der Waals surface area contributed by atoms with Crippen molar-refractivity contribution in [1.29, 1.82) is 0 Å². The van der Waals surface area contributed by atoms with Crippen LogP contribution in [-0.4, -0.2) is 10.2 Å². The number of hydrogen-bond acceptors (Lipinski definition) is 0. The standard InChI is InChI=1S/C10H18.C3H10Si/c1-2-6-9(5-1)10-7-3-4-8-10;1-2-3-4/h9-10H,1-8H2;2-3H2,1,4H3. The van der Waals surface area contributed by atoms with Gasteiger partial charge in [0, 0.05) is 10.2 Å². The lowest BCUT2D eigenvalue weighted by atomic mass is 9.90. The quantitative estimate of drug-likeness (QED) is 0.614. The lowest BCUT2D eigenvalue weighted by Crippen LogP contribution is -2.06. The second-order valence-electron chi connectivity index (χ2n) is 5.09. The molecule has 0 nitrogen and oxygen atoms in total. The van der Waals surface area contributed by atoms with Crippen molar-refractivity contribution in [3.63, 3.8) is 0 Å². The van der Waals surface area contributed by atoms with Crippen molar-refractivity contribution in [2.75, 3.05) is 0 Å². The third kappa shape index (κ3) is 4.16. The Hall–Kier alpha value is 0.217. The zero-order chi connectivity index (χ0) is 10.2. The van der Waals surface area contributed by atoms with Gasteiger partial charge >= 0.3 is 0 Å². The van der Waals surface area contributed by atoms with Gasteiger partial charge in [-0.3, -0.25) is 0 Å². The van der Waals surface area contributed by atoms with Crippen molar-refractivity contribution in [1.82, 2.24) is 0 Å². The van der Waals surface area contributed by atoms with E-state index in [9.17, 15) is 0 Å². The molecule has 2 saturated carbocycles. The molecule has 1 heteroatoms. The molecule has 84 valence electrons. The summed E-state index contributed by atoms with van der Waals surface area (Å²) in [5.41, 5.74) is 0. The fourth-order valence-electron chi connectivity index (χ4n) is 2.86. The Morgan fingerprint density at radius 3 is 1.36 bits per heavy atom. The second-order valence-corrected chi connectivity index (χ2v) is 6.09. The van der Waals surface area contributed by atoms with Gasteiger partial charge in [0.05, 0.1) is 0 Å². The highest BCUT2D eigenvalue weighted by atomic mass is 28.1. The lowest BCUT2D eigenvalue weighted by molar-refractivity contribution is 0.347. The van der Waals surface area contributed by atoms with Crippen LogP contribution in [0.2, 0.25) is 6.04 Å². The minimum absolute atomic E-state index is 1.16. The molecule has 2 fully saturated rings. The Labute approximate surface area is 93.3 Å². The van der Waals surface area contributed by atoms with E-state index < -0.39 is 0 Å². The monoisotopic (exact) mass is 212 g/mol. The average Bonchev–Trinajstić information content (AvgIpc) is 2.89. The zero-order valence-electron chi connectivity index (χ0n) is 10.2. The van der Waals surface area contributed by atoms with Gasteiger partial charge in [-0.2, -0.15) is 0 Å². The van der Waals surface area contributed by atoms with Gasteiger partial charge in [-0.25, -0.2) is 0 Å². The van der Waals surface area contributed by atoms with Crippen LogP contribution in [0.5, 0.6) is 0 Å². The van der Waals surface area contributed by atoms with Crippen LogP contribution >= 0.6 is 0 Å². The van der Waals surface area contributed by atoms with Gasteiger partial charge in [-0.1, -0.05) is 70.8 Å². The molecule has 2 rings (SSSR count). The van der Waals surface area contributed by atoms with E-state index in [-0.39, 0.29) is 0 Å². The Morgan fingerprint density at radius 2 is 1.14 bits per heavy atom. The SMILES string of the molecule is C1CCC(C2CCCC2)C1.CCC[SiH3]. The zero-order valence-corrected chi connectivity index (χ0v) is 12.2. The van der Waals surface area contributed by atoms with E-state index in [1.165, 1.54) is 48.4 Å². The first kappa shape index (κ1) is 12.3. The molecular formula is C13H28Si. The van der Waals surface area contributed by atoms with E-state index >= 15 is 0 Å². The van der Waals surface area contributed by atoms with Crippen LogP contribution in [0.25, 0.3) is 0 Å². The molecule has 0 saturated heterocycles. The Kier molecular flexibility index (Phi) is 6.58. The van der Waals surface area contributed by atoms with Gasteiger partial charge in [0.1, 0.15) is 0 Å². The third-order valence-corrected chi connectivity index (χ3v) is 4.97. The van der Waals surface area contributed by atoms with E-state index in [0.717, 1.165) is 11.8 Å². The first-order chi connectivity index (χ1) is 6.88. The normalized spacial score (nSPS) is 23.8. The largest absolute Gasteiger partial charge is 0.0661 e. The topological polar surface area (TPSA) is 0 Å². The summed E-state index contributed by atoms with van der Waals surface area (Å²) in [7, 11) is 1.39. The summed E-state index contributed by atoms with van der Waals surface area (Å²) >= 11 is 0. The predicted octanol–water partition coefficient (Wildman–Crippen LogP) is 3.55. The predicted molar refractivity (Wildman–Crippen MR) is 69.0 cm³/mol. The smallest absolute Gasteiger partial charge is 0.00278 e. The van der Waals surface area contributed by atoms with Crippen molar-refractivity contribution >= 4 is 10.2 Å². The van der Waals surface area contributed by atoms with Gasteiger partial charge < -0.3 is 0 Å². The summed E-state index contributed by atoms with van der Waals surface area (Å²) in [6.07, 6.45) is 13.7. The van der Waals surface area contributed by atoms with Crippen molar-refractivity contribution in [2.45, 2.75) is 70.8 Å². The lowest BCUT2D eigenvalue weighted by Gasteiger charge is -2.16. The second kappa shape index (κ2) is 7.50. The molecule has 0 atom stereocenters. The first-order valence-electron chi connectivity index (χ1n) is 6.88. The Balaban J connectivity index is 0.000000213. The van der Waals surface area contributed by atoms with Gasteiger partial charge in [-0.05, 0) is 11.8 Å². The Morgan fingerprint density at radius 1 is 0.857 bits per heavy atom. The molecule has 0 heterocycles. The van der Waals surface area contributed by atoms with E-state index in [4.69, 9.17) is 0 Å². The summed E-state index contributed by atoms with van der Waals surface area (Å²) in [4.78, 5) is 0. The fourth-order valence-corrected chi connectivity index (χ4v) is 2.86. The summed E-state index contributed by atoms with van der Waals surface area (Å²) in [6, 6.07) is 1.46. The Bertz CT molecular complexity index is 105. The van der Waals surface area contributed by atoms with Crippen molar-refractivity contribution in [2.24, 2.45) is 11.8 Å². The highest BCUT2D eigenvalue weighted by Crippen LogP contribution is 2.39. The summed E-state index contributed by atoms with van der Waals surface area (Å²) in [5, 5.41) is 0. The minimum Gasteiger partial charge on any atom is -0.0661 e. The van der Waals surface area contributed by atoms with Crippen LogP contribution in [0.15, 0.2) is 0 Å². The molecule has 0 amide bonds. The molecular weight excluding hydrogens is 184 g/mol. The molecule has 2 aliphatic carbocycles. The molecule has 0 aromatic rings. The molecule has 0 N–H and O–H groups in total. The van der Waals surface area contributed by atoms with E-state index in [1.54, 1.807) is 25.7 Å². The minimum atomic E-state index is 1.16. The highest BCUT2D eigenvalue weighted by molar-refractivity contribution is 6.08. The van der Waals surface area contributed by atoms with Crippen LogP contribution < -0.4 is 0 Å². The van der Waals surface area contributed by atoms with Gasteiger partial charge in [0.25, 0.3) is 0 Å². The van der Waals surface area contributed by atoms with Crippen molar-refractivity contribution in [3.8, 4) is 0 Å². The van der Waals surface area contributed by atoms with E-state index in [2.05, 4.69) is 6.92 Å². The van der Waals surface area contributed by atoms with Crippen LogP contribution in [0.4, 0.5) is 0 Å². The summed E-state index contributed by atoms with van der Waals surface area (Å²) in [6.45, 7) is 2.22. The molecule has 0 aromatic heterocycles. The molecule has 14 heavy (non-hydrogen) atoms. The van der Waals surface area contributed by atoms with E-state index in [0.29, 0.717) is 0 Å². The summed E-state index contributed by atoms with van der Waals surface area (Å²) in [5.74, 6) is 2.31. The maximum atomic E-state index is 2.22. The van der Waals surface area contributed by atoms with Crippen molar-refractivity contribution < 1.29 is 0 Å². The van der Waals surface area contributed by atoms with Crippen LogP contribution in [-0.2, 0) is 0 Å². The van der Waals surface area contributed by atoms with Gasteiger partial charge in [-0.15, -0.1) is 0 Å². The molecule has 0 radical (unpaired) electrons. The average molecular weight is 212 g/mol. The fraction of sp³-hybridized carbons (Fsp3) is 1.00. The van der Waals surface area contributed by atoms with Crippen LogP contribution in [0.1, 0.15) is 64.7 Å². The maximum Gasteiger partial charge on any atom is 0.00278 e. The molecule has 0 bridgehead atoms. The molecule has 0 unspecified atom stereocenters. The molecule has 0 aliphatic heterocycles. The van der Waals surface area contributed by atoms with E-state index in [1.807, 2.05) is 0 Å². The maximum absolute atomic E-state index is 2.22. The number of hydrogen-bond donors (Lipinski definition) is 0. The molecule has 2 aliphatic rings. The summed E-state index contributed by atoms with van der Waals surface area (Å²) < 4.78 is 0. The van der Waals surface area contributed by atoms with Crippen LogP contribution in [0.3, 0.4) is 0 Å². The first-order valence-corrected chi connectivity index (χ1v) is 8.29. The molecule has 0 spiro atoms. The van der Waals surface area contributed by atoms with Crippen LogP contribution in [0, 0.1) is 11.8 Å². The van der Waals surface area contributed by atoms with Gasteiger partial charge in [0.15, 0.2) is 0 Å². The third-order valence-electron chi connectivity index (χ3n) is 3.97. The number of rotatable bonds is 2. The molecule has 0 aromatic carbocycles. The van der Waals surface area contributed by atoms with Gasteiger partial charge in [0.2, 0.25) is 0 Å². The van der Waals surface area contributed by atoms with Crippen molar-refractivity contribution in [3.05, 3.63) is 0 Å². The highest BCUT2D eigenvalue weighted by Gasteiger charge is 2.26.